The number of esters is 2. The molecule has 0 fully saturated rings. The number of carbonyl (C=O) groups excluding carboxylic acids is 2. The number of carboxylic acid groups (broad SMARTS) is 1. The second kappa shape index (κ2) is 69.8. The van der Waals surface area contributed by atoms with Crippen LogP contribution in [0.3, 0.4) is 0 Å². The van der Waals surface area contributed by atoms with E-state index >= 15 is 0 Å². The molecule has 0 radical (unpaired) electrons. The number of hydrogen-bond donors (Lipinski definition) is 1. The zero-order chi connectivity index (χ0) is 64.7. The minimum absolute atomic E-state index is 0.184. The smallest absolute Gasteiger partial charge is 0.361 e. The van der Waals surface area contributed by atoms with Crippen LogP contribution in [0.1, 0.15) is 322 Å². The van der Waals surface area contributed by atoms with Gasteiger partial charge in [0.25, 0.3) is 6.29 Å². The van der Waals surface area contributed by atoms with Crippen molar-refractivity contribution in [3.05, 3.63) is 109 Å². The topological polar surface area (TPSA) is 108 Å². The second-order valence-corrected chi connectivity index (χ2v) is 25.9. The van der Waals surface area contributed by atoms with Gasteiger partial charge in [0.15, 0.2) is 6.10 Å². The van der Waals surface area contributed by atoms with E-state index in [0.29, 0.717) is 17.4 Å². The summed E-state index contributed by atoms with van der Waals surface area (Å²) in [6.45, 7) is 4.77. The van der Waals surface area contributed by atoms with Crippen molar-refractivity contribution in [2.24, 2.45) is 0 Å². The van der Waals surface area contributed by atoms with E-state index in [-0.39, 0.29) is 32.2 Å². The molecular formula is C80H140NO8+. The van der Waals surface area contributed by atoms with E-state index in [9.17, 15) is 19.5 Å². The fourth-order valence-corrected chi connectivity index (χ4v) is 10.4. The third-order valence-corrected chi connectivity index (χ3v) is 16.0. The molecule has 89 heavy (non-hydrogen) atoms. The highest BCUT2D eigenvalue weighted by atomic mass is 16.7. The number of nitrogens with zero attached hydrogens (tertiary/aromatic N) is 1. The van der Waals surface area contributed by atoms with Gasteiger partial charge in [0, 0.05) is 12.8 Å². The summed E-state index contributed by atoms with van der Waals surface area (Å²) in [5, 5.41) is 9.75. The number of aliphatic carboxylic acids is 1. The number of ether oxygens (including phenoxy) is 4. The molecular weight excluding hydrogens is 1100 g/mol. The Balaban J connectivity index is 4.02. The van der Waals surface area contributed by atoms with Gasteiger partial charge in [-0.3, -0.25) is 9.59 Å². The number of carboxylic acids is 1. The van der Waals surface area contributed by atoms with E-state index in [1.807, 2.05) is 21.1 Å². The van der Waals surface area contributed by atoms with Crippen molar-refractivity contribution in [3.63, 3.8) is 0 Å². The minimum atomic E-state index is -1.52. The molecule has 512 valence electrons. The van der Waals surface area contributed by atoms with E-state index < -0.39 is 24.3 Å². The average molecular weight is 1240 g/mol. The summed E-state index contributed by atoms with van der Waals surface area (Å²) in [6.07, 6.45) is 95.0. The molecule has 0 saturated carbocycles. The number of hydrogen-bond acceptors (Lipinski definition) is 7. The first kappa shape index (κ1) is 85.0. The Hall–Kier alpha value is -4.05. The van der Waals surface area contributed by atoms with Crippen LogP contribution < -0.4 is 0 Å². The molecule has 2 atom stereocenters. The van der Waals surface area contributed by atoms with Crippen molar-refractivity contribution < 1.29 is 42.9 Å². The van der Waals surface area contributed by atoms with Crippen LogP contribution in [0.2, 0.25) is 0 Å². The molecule has 0 amide bonds. The summed E-state index contributed by atoms with van der Waals surface area (Å²) in [5.41, 5.74) is 0. The van der Waals surface area contributed by atoms with Crippen LogP contribution in [0.5, 0.6) is 0 Å². The van der Waals surface area contributed by atoms with Gasteiger partial charge in [0.2, 0.25) is 0 Å². The van der Waals surface area contributed by atoms with Crippen LogP contribution in [0.4, 0.5) is 0 Å². The highest BCUT2D eigenvalue weighted by Gasteiger charge is 2.25. The fourth-order valence-electron chi connectivity index (χ4n) is 10.4. The summed E-state index contributed by atoms with van der Waals surface area (Å²) in [7, 11) is 5.98. The molecule has 9 nitrogen and oxygen atoms in total. The molecule has 0 spiro atoms. The molecule has 0 rings (SSSR count). The van der Waals surface area contributed by atoms with Gasteiger partial charge in [-0.2, -0.15) is 0 Å². The molecule has 0 aromatic heterocycles. The predicted molar refractivity (Wildman–Crippen MR) is 382 cm³/mol. The van der Waals surface area contributed by atoms with E-state index in [4.69, 9.17) is 18.9 Å². The lowest BCUT2D eigenvalue weighted by Crippen LogP contribution is -2.40. The Kier molecular flexibility index (Phi) is 66.7. The first-order chi connectivity index (χ1) is 43.6. The van der Waals surface area contributed by atoms with Gasteiger partial charge in [-0.15, -0.1) is 0 Å². The summed E-state index contributed by atoms with van der Waals surface area (Å²) in [5.74, 6) is -2.00. The highest BCUT2D eigenvalue weighted by molar-refractivity contribution is 5.71. The molecule has 0 aliphatic rings. The van der Waals surface area contributed by atoms with Gasteiger partial charge >= 0.3 is 17.9 Å². The molecule has 0 aliphatic carbocycles. The lowest BCUT2D eigenvalue weighted by Gasteiger charge is -2.25. The number of quaternary nitrogens is 1. The number of unbranched alkanes of at least 4 members (excludes halogenated alkanes) is 35. The van der Waals surface area contributed by atoms with Gasteiger partial charge in [-0.25, -0.2) is 4.79 Å². The summed E-state index contributed by atoms with van der Waals surface area (Å²) in [4.78, 5) is 37.6. The Bertz CT molecular complexity index is 1830. The lowest BCUT2D eigenvalue weighted by molar-refractivity contribution is -0.870. The maximum absolute atomic E-state index is 13.0. The maximum atomic E-state index is 13.0. The normalized spacial score (nSPS) is 13.3. The van der Waals surface area contributed by atoms with Crippen LogP contribution in [-0.4, -0.2) is 87.4 Å². The highest BCUT2D eigenvalue weighted by Crippen LogP contribution is 2.18. The van der Waals surface area contributed by atoms with Crippen LogP contribution in [0.15, 0.2) is 109 Å². The second-order valence-electron chi connectivity index (χ2n) is 25.9. The quantitative estimate of drug-likeness (QED) is 0.0211. The molecule has 9 heteroatoms. The lowest BCUT2D eigenvalue weighted by atomic mass is 10.0. The molecule has 0 bridgehead atoms. The maximum Gasteiger partial charge on any atom is 0.361 e. The van der Waals surface area contributed by atoms with E-state index in [0.717, 1.165) is 103 Å². The monoisotopic (exact) mass is 1240 g/mol. The SMILES string of the molecule is CC/C=C\C/C=C\C/C=C\C/C=C\C/C=C\C/C=C\CCCCCCCCCCCCCCCCCCCCCCCCC(=O)OC(COC(=O)CCCCCCCCCC/C=C\C/C=C\C/C=C\CCCCCCC)COC(OCC[N+](C)(C)C)C(=O)O. The largest absolute Gasteiger partial charge is 0.477 e. The Morgan fingerprint density at radius 1 is 0.348 bits per heavy atom. The molecule has 2 unspecified atom stereocenters. The van der Waals surface area contributed by atoms with Crippen molar-refractivity contribution >= 4 is 17.9 Å². The van der Waals surface area contributed by atoms with Gasteiger partial charge in [0.1, 0.15) is 13.2 Å². The van der Waals surface area contributed by atoms with Gasteiger partial charge in [0.05, 0.1) is 34.4 Å². The van der Waals surface area contributed by atoms with Crippen molar-refractivity contribution in [1.29, 1.82) is 0 Å². The van der Waals surface area contributed by atoms with Crippen LogP contribution >= 0.6 is 0 Å². The first-order valence-corrected chi connectivity index (χ1v) is 37.1. The van der Waals surface area contributed by atoms with Gasteiger partial charge in [-0.05, 0) is 103 Å². The molecule has 0 aliphatic heterocycles. The van der Waals surface area contributed by atoms with E-state index in [1.54, 1.807) is 0 Å². The molecule has 0 heterocycles. The zero-order valence-electron chi connectivity index (χ0n) is 58.6. The first-order valence-electron chi connectivity index (χ1n) is 37.1. The van der Waals surface area contributed by atoms with Crippen LogP contribution in [0, 0.1) is 0 Å². The third kappa shape index (κ3) is 71.3. The van der Waals surface area contributed by atoms with Gasteiger partial charge in [-0.1, -0.05) is 316 Å². The minimum Gasteiger partial charge on any atom is -0.477 e. The third-order valence-electron chi connectivity index (χ3n) is 16.0. The number of rotatable bonds is 68. The molecule has 0 aromatic rings. The summed E-state index contributed by atoms with van der Waals surface area (Å²) in [6, 6.07) is 0. The average Bonchev–Trinajstić information content (AvgIpc) is 3.64. The molecule has 0 saturated heterocycles. The van der Waals surface area contributed by atoms with E-state index in [1.165, 1.54) is 193 Å². The van der Waals surface area contributed by atoms with E-state index in [2.05, 4.69) is 123 Å². The number of carbonyl (C=O) groups is 3. The predicted octanol–water partition coefficient (Wildman–Crippen LogP) is 23.4. The van der Waals surface area contributed by atoms with Crippen molar-refractivity contribution in [3.8, 4) is 0 Å². The summed E-state index contributed by atoms with van der Waals surface area (Å²) >= 11 is 0. The molecule has 0 aromatic carbocycles. The zero-order valence-corrected chi connectivity index (χ0v) is 58.6. The van der Waals surface area contributed by atoms with Crippen molar-refractivity contribution in [2.75, 3.05) is 47.5 Å². The van der Waals surface area contributed by atoms with Crippen molar-refractivity contribution in [1.82, 2.24) is 0 Å². The summed E-state index contributed by atoms with van der Waals surface area (Å²) < 4.78 is 23.0. The standard InChI is InChI=1S/C80H139NO8/c1-6-8-10-12-14-16-18-20-22-24-26-28-30-31-32-33-34-35-36-37-38-39-40-41-42-43-44-45-46-47-49-51-53-55-57-59-61-63-65-67-69-71-78(83)89-76(75-88-80(79(84)85)86-73-72-81(3,4)5)74-87-77(82)70-68-66-64-62-60-58-56-54-52-50-48-29-27-25-23-21-19-17-15-13-11-9-7-2/h8,10,14,16,19-22,25-28,31-32,34-35,48,50,76,80H,6-7,9,11-13,15,17-18,23-24,29-30,33,36-47,49,51-75H2,1-5H3/p+1/b10-8-,16-14-,21-19-,22-20-,27-25-,28-26-,32-31-,35-34-,50-48-. The Labute approximate surface area is 549 Å². The molecule has 1 N–H and O–H groups in total. The van der Waals surface area contributed by atoms with Crippen LogP contribution in [-0.2, 0) is 33.3 Å². The van der Waals surface area contributed by atoms with Crippen molar-refractivity contribution in [2.45, 2.75) is 334 Å². The van der Waals surface area contributed by atoms with Gasteiger partial charge < -0.3 is 28.5 Å². The Morgan fingerprint density at radius 3 is 0.955 bits per heavy atom. The number of allylic oxidation sites excluding steroid dienone is 18. The van der Waals surface area contributed by atoms with Crippen LogP contribution in [0.25, 0.3) is 0 Å². The fraction of sp³-hybridized carbons (Fsp3) is 0.738. The number of likely N-dealkylation sites (N-methyl/N-ethyl adjacent to an activating group) is 1. The Morgan fingerprint density at radius 2 is 0.640 bits per heavy atom.